The average molecular weight is 440 g/mol. The number of nitrogens with one attached hydrogen (secondary N) is 1. The van der Waals surface area contributed by atoms with Crippen LogP contribution in [0.3, 0.4) is 0 Å². The molecule has 29 heavy (non-hydrogen) atoms. The Bertz CT molecular complexity index is 787. The smallest absolute Gasteiger partial charge is 0.180 e. The summed E-state index contributed by atoms with van der Waals surface area (Å²) in [6.07, 6.45) is 7.67. The zero-order chi connectivity index (χ0) is 20.6. The first-order chi connectivity index (χ1) is 14.1. The lowest BCUT2D eigenvalue weighted by atomic mass is 10.1. The highest BCUT2D eigenvalue weighted by Crippen LogP contribution is 2.38. The van der Waals surface area contributed by atoms with Gasteiger partial charge in [-0.3, -0.25) is 0 Å². The summed E-state index contributed by atoms with van der Waals surface area (Å²) >= 11 is 12.6. The Morgan fingerprint density at radius 2 is 1.79 bits per heavy atom. The number of rotatable bonds is 8. The van der Waals surface area contributed by atoms with Crippen LogP contribution in [0.5, 0.6) is 11.5 Å². The van der Waals surface area contributed by atoms with Crippen molar-refractivity contribution in [2.45, 2.75) is 64.6 Å². The van der Waals surface area contributed by atoms with Crippen molar-refractivity contribution >= 4 is 23.2 Å². The number of hydrogen-bond acceptors (Lipinski definition) is 3. The van der Waals surface area contributed by atoms with Gasteiger partial charge in [-0.05, 0) is 49.6 Å². The molecule has 1 N–H and O–H groups in total. The van der Waals surface area contributed by atoms with Gasteiger partial charge in [-0.15, -0.1) is 0 Å². The molecule has 3 rings (SSSR count). The van der Waals surface area contributed by atoms with Crippen molar-refractivity contribution in [3.05, 3.63) is 57.3 Å². The van der Waals surface area contributed by atoms with Crippen molar-refractivity contribution in [3.8, 4) is 11.5 Å². The molecule has 0 spiro atoms. The van der Waals surface area contributed by atoms with Crippen molar-refractivity contribution < 1.29 is 13.9 Å². The molecule has 158 valence electrons. The molecule has 0 aliphatic heterocycles. The van der Waals surface area contributed by atoms with Gasteiger partial charge in [0.2, 0.25) is 0 Å². The maximum Gasteiger partial charge on any atom is 0.180 e. The summed E-state index contributed by atoms with van der Waals surface area (Å²) < 4.78 is 25.6. The first-order valence-electron chi connectivity index (χ1n) is 10.3. The summed E-state index contributed by atoms with van der Waals surface area (Å²) in [5, 5.41) is 4.41. The Balaban J connectivity index is 1.72. The summed E-state index contributed by atoms with van der Waals surface area (Å²) in [7, 11) is 0. The van der Waals surface area contributed by atoms with E-state index in [0.29, 0.717) is 39.8 Å². The summed E-state index contributed by atoms with van der Waals surface area (Å²) in [5.41, 5.74) is 1.34. The van der Waals surface area contributed by atoms with Crippen LogP contribution in [-0.4, -0.2) is 12.6 Å². The van der Waals surface area contributed by atoms with E-state index in [2.05, 4.69) is 5.32 Å². The van der Waals surface area contributed by atoms with Crippen LogP contribution in [0.1, 0.15) is 56.6 Å². The minimum absolute atomic E-state index is 0.0228. The molecule has 3 nitrogen and oxygen atoms in total. The largest absolute Gasteiger partial charge is 0.490 e. The van der Waals surface area contributed by atoms with E-state index in [0.717, 1.165) is 12.1 Å². The Morgan fingerprint density at radius 1 is 1.03 bits per heavy atom. The fourth-order valence-electron chi connectivity index (χ4n) is 3.69. The summed E-state index contributed by atoms with van der Waals surface area (Å²) in [6.45, 7) is 3.09. The van der Waals surface area contributed by atoms with Crippen LogP contribution in [0.4, 0.5) is 4.39 Å². The van der Waals surface area contributed by atoms with E-state index in [4.69, 9.17) is 32.7 Å². The lowest BCUT2D eigenvalue weighted by molar-refractivity contribution is 0.266. The topological polar surface area (TPSA) is 30.5 Å². The van der Waals surface area contributed by atoms with Crippen molar-refractivity contribution in [1.29, 1.82) is 0 Å². The molecule has 1 fully saturated rings. The fraction of sp³-hybridized carbons (Fsp3) is 0.478. The predicted molar refractivity (Wildman–Crippen MR) is 117 cm³/mol. The van der Waals surface area contributed by atoms with E-state index in [-0.39, 0.29) is 6.61 Å². The lowest BCUT2D eigenvalue weighted by Crippen LogP contribution is -2.27. The van der Waals surface area contributed by atoms with E-state index < -0.39 is 5.82 Å². The predicted octanol–water partition coefficient (Wildman–Crippen LogP) is 6.92. The molecule has 2 aromatic carbocycles. The minimum Gasteiger partial charge on any atom is -0.490 e. The van der Waals surface area contributed by atoms with Gasteiger partial charge in [0.1, 0.15) is 12.4 Å². The van der Waals surface area contributed by atoms with Gasteiger partial charge < -0.3 is 14.8 Å². The molecule has 0 aromatic heterocycles. The van der Waals surface area contributed by atoms with E-state index in [1.807, 2.05) is 19.1 Å². The Kier molecular flexibility index (Phi) is 8.46. The van der Waals surface area contributed by atoms with Gasteiger partial charge in [0.05, 0.1) is 16.7 Å². The monoisotopic (exact) mass is 439 g/mol. The van der Waals surface area contributed by atoms with Crippen LogP contribution in [0.25, 0.3) is 0 Å². The molecule has 0 radical (unpaired) electrons. The van der Waals surface area contributed by atoms with Crippen LogP contribution in [0, 0.1) is 5.82 Å². The molecular formula is C23H28Cl2FNO2. The third-order valence-electron chi connectivity index (χ3n) is 5.24. The second-order valence-electron chi connectivity index (χ2n) is 7.40. The molecule has 1 aliphatic carbocycles. The number of hydrogen-bond donors (Lipinski definition) is 1. The van der Waals surface area contributed by atoms with Crippen molar-refractivity contribution in [3.63, 3.8) is 0 Å². The summed E-state index contributed by atoms with van der Waals surface area (Å²) in [5.74, 6) is 0.562. The van der Waals surface area contributed by atoms with Gasteiger partial charge in [0.25, 0.3) is 0 Å². The van der Waals surface area contributed by atoms with Crippen molar-refractivity contribution in [2.75, 3.05) is 6.61 Å². The maximum absolute atomic E-state index is 14.0. The first kappa shape index (κ1) is 22.2. The molecule has 0 unspecified atom stereocenters. The Labute approximate surface area is 182 Å². The highest BCUT2D eigenvalue weighted by Gasteiger charge is 2.17. The molecule has 6 heteroatoms. The molecule has 0 atom stereocenters. The molecule has 0 bridgehead atoms. The Hall–Kier alpha value is -1.49. The maximum atomic E-state index is 14.0. The molecule has 0 heterocycles. The lowest BCUT2D eigenvalue weighted by Gasteiger charge is -2.19. The van der Waals surface area contributed by atoms with Crippen molar-refractivity contribution in [2.24, 2.45) is 0 Å². The zero-order valence-corrected chi connectivity index (χ0v) is 18.3. The van der Waals surface area contributed by atoms with Gasteiger partial charge in [0.15, 0.2) is 11.5 Å². The number of halogens is 3. The van der Waals surface area contributed by atoms with Crippen LogP contribution >= 0.6 is 23.2 Å². The summed E-state index contributed by atoms with van der Waals surface area (Å²) in [6, 6.07) is 8.93. The van der Waals surface area contributed by atoms with E-state index in [1.54, 1.807) is 12.1 Å². The molecule has 1 saturated carbocycles. The standard InChI is InChI=1S/C23H28Cl2FNO2/c1-2-28-22-13-16(14-27-17-8-5-3-4-6-9-17)12-20(25)23(22)29-15-18-19(24)10-7-11-21(18)26/h7,10-13,17,27H,2-6,8-9,14-15H2,1H3. The Morgan fingerprint density at radius 3 is 2.48 bits per heavy atom. The molecule has 1 aliphatic rings. The van der Waals surface area contributed by atoms with Crippen LogP contribution in [-0.2, 0) is 13.2 Å². The molecular weight excluding hydrogens is 412 g/mol. The minimum atomic E-state index is -0.407. The first-order valence-corrected chi connectivity index (χ1v) is 11.1. The molecule has 0 saturated heterocycles. The second-order valence-corrected chi connectivity index (χ2v) is 8.21. The third kappa shape index (κ3) is 6.24. The highest BCUT2D eigenvalue weighted by atomic mass is 35.5. The van der Waals surface area contributed by atoms with Gasteiger partial charge in [0, 0.05) is 18.2 Å². The van der Waals surface area contributed by atoms with Crippen LogP contribution < -0.4 is 14.8 Å². The molecule has 2 aromatic rings. The SMILES string of the molecule is CCOc1cc(CNC2CCCCCC2)cc(Cl)c1OCc1c(F)cccc1Cl. The number of benzene rings is 2. The molecule has 0 amide bonds. The van der Waals surface area contributed by atoms with Gasteiger partial charge in [-0.25, -0.2) is 4.39 Å². The van der Waals surface area contributed by atoms with Crippen molar-refractivity contribution in [1.82, 2.24) is 5.32 Å². The highest BCUT2D eigenvalue weighted by molar-refractivity contribution is 6.32. The van der Waals surface area contributed by atoms with E-state index in [1.165, 1.54) is 44.6 Å². The fourth-order valence-corrected chi connectivity index (χ4v) is 4.19. The van der Waals surface area contributed by atoms with E-state index >= 15 is 0 Å². The second kappa shape index (κ2) is 11.1. The van der Waals surface area contributed by atoms with Gasteiger partial charge in [-0.1, -0.05) is 55.0 Å². The quantitative estimate of drug-likeness (QED) is 0.452. The van der Waals surface area contributed by atoms with Gasteiger partial charge in [-0.2, -0.15) is 0 Å². The van der Waals surface area contributed by atoms with Gasteiger partial charge >= 0.3 is 0 Å². The average Bonchev–Trinajstić information content (AvgIpc) is 2.96. The zero-order valence-electron chi connectivity index (χ0n) is 16.8. The van der Waals surface area contributed by atoms with Crippen LogP contribution in [0.2, 0.25) is 10.0 Å². The van der Waals surface area contributed by atoms with E-state index in [9.17, 15) is 4.39 Å². The normalized spacial score (nSPS) is 15.2. The van der Waals surface area contributed by atoms with Crippen LogP contribution in [0.15, 0.2) is 30.3 Å². The third-order valence-corrected chi connectivity index (χ3v) is 5.88. The number of ether oxygens (including phenoxy) is 2. The summed E-state index contributed by atoms with van der Waals surface area (Å²) in [4.78, 5) is 0.